The quantitative estimate of drug-likeness (QED) is 0.767. The van der Waals surface area contributed by atoms with Crippen LogP contribution >= 0.6 is 0 Å². The summed E-state index contributed by atoms with van der Waals surface area (Å²) in [5.41, 5.74) is 0.799. The van der Waals surface area contributed by atoms with Crippen molar-refractivity contribution in [3.8, 4) is 0 Å². The first-order valence-electron chi connectivity index (χ1n) is 7.04. The van der Waals surface area contributed by atoms with Crippen molar-refractivity contribution in [2.75, 3.05) is 13.2 Å². The molecule has 0 saturated heterocycles. The molecule has 1 aliphatic carbocycles. The number of ether oxygens (including phenoxy) is 1. The van der Waals surface area contributed by atoms with E-state index in [1.54, 1.807) is 6.07 Å². The fraction of sp³-hybridized carbons (Fsp3) is 0.714. The minimum Gasteiger partial charge on any atom is -0.378 e. The molecular weight excluding hydrogens is 244 g/mol. The monoisotopic (exact) mass is 266 g/mol. The molecule has 1 heterocycles. The predicted octanol–water partition coefficient (Wildman–Crippen LogP) is 1.99. The molecule has 1 N–H and O–H groups in total. The third-order valence-corrected chi connectivity index (χ3v) is 3.31. The summed E-state index contributed by atoms with van der Waals surface area (Å²) in [5.74, 6) is 0.578. The zero-order chi connectivity index (χ0) is 13.5. The van der Waals surface area contributed by atoms with Gasteiger partial charge in [-0.1, -0.05) is 18.0 Å². The maximum atomic E-state index is 11.6. The standard InChI is InChI=1S/C14H22N2O3/c1-11-9-13(19-16-11)10-14(17)15-7-4-8-18-12-5-2-3-6-12/h9,12H,2-8,10H2,1H3,(H,15,17). The second kappa shape index (κ2) is 7.28. The Hall–Kier alpha value is -1.36. The summed E-state index contributed by atoms with van der Waals surface area (Å²) >= 11 is 0. The first kappa shape index (κ1) is 14.1. The van der Waals surface area contributed by atoms with E-state index in [0.29, 0.717) is 18.4 Å². The molecule has 19 heavy (non-hydrogen) atoms. The Morgan fingerprint density at radius 2 is 2.32 bits per heavy atom. The maximum Gasteiger partial charge on any atom is 0.227 e. The summed E-state index contributed by atoms with van der Waals surface area (Å²) in [7, 11) is 0. The first-order valence-corrected chi connectivity index (χ1v) is 7.04. The maximum absolute atomic E-state index is 11.6. The van der Waals surface area contributed by atoms with Crippen LogP contribution in [0, 0.1) is 6.92 Å². The molecule has 1 aromatic rings. The van der Waals surface area contributed by atoms with E-state index in [1.807, 2.05) is 6.92 Å². The highest BCUT2D eigenvalue weighted by Crippen LogP contribution is 2.20. The summed E-state index contributed by atoms with van der Waals surface area (Å²) in [6, 6.07) is 1.78. The van der Waals surface area contributed by atoms with Crippen molar-refractivity contribution in [2.45, 2.75) is 51.6 Å². The minimum absolute atomic E-state index is 0.0305. The van der Waals surface area contributed by atoms with Crippen LogP contribution in [0.2, 0.25) is 0 Å². The molecule has 1 amide bonds. The van der Waals surface area contributed by atoms with Crippen molar-refractivity contribution in [2.24, 2.45) is 0 Å². The normalized spacial score (nSPS) is 15.8. The van der Waals surface area contributed by atoms with E-state index in [1.165, 1.54) is 25.7 Å². The highest BCUT2D eigenvalue weighted by molar-refractivity contribution is 5.77. The summed E-state index contributed by atoms with van der Waals surface area (Å²) in [5, 5.41) is 6.61. The zero-order valence-electron chi connectivity index (χ0n) is 11.5. The largest absolute Gasteiger partial charge is 0.378 e. The Morgan fingerprint density at radius 3 is 3.00 bits per heavy atom. The Morgan fingerprint density at radius 1 is 1.53 bits per heavy atom. The van der Waals surface area contributed by atoms with Gasteiger partial charge in [-0.15, -0.1) is 0 Å². The molecule has 2 rings (SSSR count). The number of carbonyl (C=O) groups is 1. The van der Waals surface area contributed by atoms with Gasteiger partial charge in [0.2, 0.25) is 5.91 Å². The smallest absolute Gasteiger partial charge is 0.227 e. The van der Waals surface area contributed by atoms with Gasteiger partial charge in [0.15, 0.2) is 0 Å². The van der Waals surface area contributed by atoms with Crippen molar-refractivity contribution >= 4 is 5.91 Å². The number of nitrogens with one attached hydrogen (secondary N) is 1. The van der Waals surface area contributed by atoms with Crippen LogP contribution in [0.5, 0.6) is 0 Å². The van der Waals surface area contributed by atoms with Gasteiger partial charge in [0.1, 0.15) is 5.76 Å². The van der Waals surface area contributed by atoms with Crippen molar-refractivity contribution in [1.29, 1.82) is 0 Å². The van der Waals surface area contributed by atoms with E-state index in [4.69, 9.17) is 9.26 Å². The highest BCUT2D eigenvalue weighted by Gasteiger charge is 2.14. The fourth-order valence-electron chi connectivity index (χ4n) is 2.33. The molecule has 1 fully saturated rings. The molecular formula is C14H22N2O3. The number of aryl methyl sites for hydroxylation is 1. The third-order valence-electron chi connectivity index (χ3n) is 3.31. The summed E-state index contributed by atoms with van der Waals surface area (Å²) in [6.45, 7) is 3.22. The van der Waals surface area contributed by atoms with E-state index < -0.39 is 0 Å². The molecule has 1 saturated carbocycles. The lowest BCUT2D eigenvalue weighted by Crippen LogP contribution is -2.27. The summed E-state index contributed by atoms with van der Waals surface area (Å²) in [4.78, 5) is 11.6. The van der Waals surface area contributed by atoms with Crippen molar-refractivity contribution in [3.05, 3.63) is 17.5 Å². The number of nitrogens with zero attached hydrogens (tertiary/aromatic N) is 1. The third kappa shape index (κ3) is 5.03. The van der Waals surface area contributed by atoms with Crippen LogP contribution in [-0.4, -0.2) is 30.3 Å². The van der Waals surface area contributed by atoms with Gasteiger partial charge in [0.05, 0.1) is 18.2 Å². The number of aromatic nitrogens is 1. The Labute approximate surface area is 113 Å². The minimum atomic E-state index is -0.0305. The lowest BCUT2D eigenvalue weighted by molar-refractivity contribution is -0.120. The molecule has 0 atom stereocenters. The fourth-order valence-corrected chi connectivity index (χ4v) is 2.33. The van der Waals surface area contributed by atoms with Crippen LogP contribution < -0.4 is 5.32 Å². The van der Waals surface area contributed by atoms with Gasteiger partial charge >= 0.3 is 0 Å². The topological polar surface area (TPSA) is 64.4 Å². The summed E-state index contributed by atoms with van der Waals surface area (Å²) < 4.78 is 10.7. The van der Waals surface area contributed by atoms with E-state index in [-0.39, 0.29) is 12.3 Å². The zero-order valence-corrected chi connectivity index (χ0v) is 11.5. The Balaban J connectivity index is 1.51. The summed E-state index contributed by atoms with van der Waals surface area (Å²) in [6.07, 6.45) is 6.53. The molecule has 0 spiro atoms. The van der Waals surface area contributed by atoms with Crippen molar-refractivity contribution in [1.82, 2.24) is 10.5 Å². The van der Waals surface area contributed by atoms with Crippen LogP contribution in [0.1, 0.15) is 43.6 Å². The molecule has 0 bridgehead atoms. The van der Waals surface area contributed by atoms with Gasteiger partial charge in [0.25, 0.3) is 0 Å². The van der Waals surface area contributed by atoms with E-state index in [0.717, 1.165) is 18.7 Å². The van der Waals surface area contributed by atoms with Crippen LogP contribution in [0.25, 0.3) is 0 Å². The van der Waals surface area contributed by atoms with E-state index in [9.17, 15) is 4.79 Å². The van der Waals surface area contributed by atoms with Gasteiger partial charge in [-0.05, 0) is 26.2 Å². The Kier molecular flexibility index (Phi) is 5.39. The molecule has 5 heteroatoms. The molecule has 1 aliphatic rings. The van der Waals surface area contributed by atoms with Gasteiger partial charge in [0, 0.05) is 19.2 Å². The molecule has 0 aliphatic heterocycles. The van der Waals surface area contributed by atoms with Gasteiger partial charge in [-0.25, -0.2) is 0 Å². The molecule has 106 valence electrons. The molecule has 1 aromatic heterocycles. The molecule has 0 aromatic carbocycles. The molecule has 5 nitrogen and oxygen atoms in total. The van der Waals surface area contributed by atoms with Gasteiger partial charge in [-0.3, -0.25) is 4.79 Å². The lowest BCUT2D eigenvalue weighted by Gasteiger charge is -2.10. The first-order chi connectivity index (χ1) is 9.24. The number of carbonyl (C=O) groups excluding carboxylic acids is 1. The van der Waals surface area contributed by atoms with E-state index >= 15 is 0 Å². The van der Waals surface area contributed by atoms with Crippen LogP contribution in [0.3, 0.4) is 0 Å². The number of rotatable bonds is 7. The Bertz CT molecular complexity index is 397. The van der Waals surface area contributed by atoms with E-state index in [2.05, 4.69) is 10.5 Å². The average Bonchev–Trinajstić information content (AvgIpc) is 3.01. The second-order valence-corrected chi connectivity index (χ2v) is 5.09. The predicted molar refractivity (Wildman–Crippen MR) is 70.8 cm³/mol. The van der Waals surface area contributed by atoms with Gasteiger partial charge < -0.3 is 14.6 Å². The van der Waals surface area contributed by atoms with Crippen LogP contribution in [0.4, 0.5) is 0 Å². The van der Waals surface area contributed by atoms with Crippen LogP contribution in [-0.2, 0) is 16.0 Å². The lowest BCUT2D eigenvalue weighted by atomic mass is 10.3. The molecule has 0 unspecified atom stereocenters. The van der Waals surface area contributed by atoms with Crippen molar-refractivity contribution in [3.63, 3.8) is 0 Å². The SMILES string of the molecule is Cc1cc(CC(=O)NCCCOC2CCCC2)on1. The van der Waals surface area contributed by atoms with Crippen LogP contribution in [0.15, 0.2) is 10.6 Å². The average molecular weight is 266 g/mol. The highest BCUT2D eigenvalue weighted by atomic mass is 16.5. The van der Waals surface area contributed by atoms with Gasteiger partial charge in [-0.2, -0.15) is 0 Å². The molecule has 0 radical (unpaired) electrons. The number of amides is 1. The number of hydrogen-bond acceptors (Lipinski definition) is 4. The second-order valence-electron chi connectivity index (χ2n) is 5.09. The van der Waals surface area contributed by atoms with Crippen molar-refractivity contribution < 1.29 is 14.1 Å². The number of hydrogen-bond donors (Lipinski definition) is 1.